The van der Waals surface area contributed by atoms with Gasteiger partial charge in [-0.05, 0) is 0 Å². The monoisotopic (exact) mass is 179 g/mol. The third-order valence-corrected chi connectivity index (χ3v) is 4.81. The molecule has 45 valence electrons. The van der Waals surface area contributed by atoms with Gasteiger partial charge in [0.1, 0.15) is 0 Å². The van der Waals surface area contributed by atoms with E-state index in [4.69, 9.17) is 0 Å². The molecule has 0 bridgehead atoms. The molecule has 0 saturated carbocycles. The van der Waals surface area contributed by atoms with E-state index in [1.165, 1.54) is 5.25 Å². The van der Waals surface area contributed by atoms with Crippen molar-refractivity contribution < 1.29 is 0 Å². The van der Waals surface area contributed by atoms with Gasteiger partial charge in [-0.3, -0.25) is 0 Å². The van der Waals surface area contributed by atoms with Gasteiger partial charge >= 0.3 is 61.4 Å². The Bertz CT molecular complexity index is 196. The van der Waals surface area contributed by atoms with Crippen molar-refractivity contribution >= 4 is 15.4 Å². The molecular formula is C8H9Ge. The second-order valence-electron chi connectivity index (χ2n) is 2.49. The van der Waals surface area contributed by atoms with E-state index in [-0.39, 0.29) is 15.4 Å². The van der Waals surface area contributed by atoms with E-state index < -0.39 is 0 Å². The van der Waals surface area contributed by atoms with Gasteiger partial charge in [-0.25, -0.2) is 0 Å². The summed E-state index contributed by atoms with van der Waals surface area (Å²) in [4.78, 5) is 2.49. The summed E-state index contributed by atoms with van der Waals surface area (Å²) in [6.45, 7) is 0. The van der Waals surface area contributed by atoms with Gasteiger partial charge in [-0.1, -0.05) is 0 Å². The summed E-state index contributed by atoms with van der Waals surface area (Å²) in [6, 6.07) is 0. The van der Waals surface area contributed by atoms with Gasteiger partial charge in [0.25, 0.3) is 0 Å². The zero-order valence-electron chi connectivity index (χ0n) is 5.25. The van der Waals surface area contributed by atoms with Crippen molar-refractivity contribution in [3.05, 3.63) is 34.8 Å². The van der Waals surface area contributed by atoms with Gasteiger partial charge in [0, 0.05) is 0 Å². The summed E-state index contributed by atoms with van der Waals surface area (Å²) in [5.74, 6) is 0.829. The zero-order chi connectivity index (χ0) is 6.10. The number of hydrogen-bond acceptors (Lipinski definition) is 0. The Hall–Kier alpha value is -0.237. The Kier molecular flexibility index (Phi) is 1.34. The first kappa shape index (κ1) is 5.54. The van der Waals surface area contributed by atoms with Crippen molar-refractivity contribution in [3.8, 4) is 0 Å². The van der Waals surface area contributed by atoms with Crippen LogP contribution in [0.1, 0.15) is 0 Å². The average Bonchev–Trinajstić information content (AvgIpc) is 2.33. The third-order valence-electron chi connectivity index (χ3n) is 1.87. The fraction of sp³-hybridized carbons (Fsp3) is 0.250. The molecule has 9 heavy (non-hydrogen) atoms. The molecule has 0 aromatic carbocycles. The molecule has 1 heterocycles. The molecular weight excluding hydrogens is 169 g/mol. The van der Waals surface area contributed by atoms with Gasteiger partial charge in [0.15, 0.2) is 0 Å². The van der Waals surface area contributed by atoms with Gasteiger partial charge in [0.05, 0.1) is 0 Å². The summed E-state index contributed by atoms with van der Waals surface area (Å²) in [5.41, 5.74) is 1.59. The number of hydrogen-bond donors (Lipinski definition) is 0. The molecule has 1 aliphatic heterocycles. The van der Waals surface area contributed by atoms with Crippen molar-refractivity contribution in [1.82, 2.24) is 0 Å². The topological polar surface area (TPSA) is 0 Å². The molecule has 0 aromatic heterocycles. The van der Waals surface area contributed by atoms with Crippen molar-refractivity contribution in [2.75, 3.05) is 0 Å². The van der Waals surface area contributed by atoms with E-state index in [0.717, 1.165) is 5.92 Å². The maximum atomic E-state index is 2.49. The van der Waals surface area contributed by atoms with Crippen LogP contribution in [0, 0.1) is 5.92 Å². The van der Waals surface area contributed by atoms with Crippen molar-refractivity contribution in [2.45, 2.75) is 5.25 Å². The van der Waals surface area contributed by atoms with Crippen molar-refractivity contribution in [1.29, 1.82) is 0 Å². The van der Waals surface area contributed by atoms with Gasteiger partial charge in [-0.15, -0.1) is 0 Å². The van der Waals surface area contributed by atoms with Crippen LogP contribution in [-0.2, 0) is 0 Å². The Morgan fingerprint density at radius 1 is 1.44 bits per heavy atom. The van der Waals surface area contributed by atoms with Gasteiger partial charge in [0.2, 0.25) is 0 Å². The van der Waals surface area contributed by atoms with Crippen LogP contribution in [-0.4, -0.2) is 15.4 Å². The molecule has 0 N–H and O–H groups in total. The minimum atomic E-state index is 0.0680. The molecule has 0 nitrogen and oxygen atoms in total. The van der Waals surface area contributed by atoms with E-state index in [2.05, 4.69) is 29.2 Å². The first-order chi connectivity index (χ1) is 4.47. The Morgan fingerprint density at radius 3 is 3.33 bits per heavy atom. The first-order valence-electron chi connectivity index (χ1n) is 3.35. The second kappa shape index (κ2) is 2.18. The SMILES string of the molecule is C1=CC2=[CH][GeH][CH2]C2C=C1. The molecule has 0 aromatic rings. The van der Waals surface area contributed by atoms with E-state index in [0.29, 0.717) is 0 Å². The summed E-state index contributed by atoms with van der Waals surface area (Å²) < 4.78 is 0. The summed E-state index contributed by atoms with van der Waals surface area (Å²) in [6.07, 6.45) is 8.90. The Labute approximate surface area is 61.8 Å². The summed E-state index contributed by atoms with van der Waals surface area (Å²) in [7, 11) is 0. The van der Waals surface area contributed by atoms with Gasteiger partial charge < -0.3 is 0 Å². The van der Waals surface area contributed by atoms with Crippen LogP contribution >= 0.6 is 0 Å². The maximum absolute atomic E-state index is 2.49. The number of rotatable bonds is 0. The van der Waals surface area contributed by atoms with Gasteiger partial charge in [-0.2, -0.15) is 0 Å². The second-order valence-corrected chi connectivity index (χ2v) is 5.17. The van der Waals surface area contributed by atoms with Crippen LogP contribution in [0.25, 0.3) is 0 Å². The molecule has 0 fully saturated rings. The quantitative estimate of drug-likeness (QED) is 0.492. The van der Waals surface area contributed by atoms with E-state index >= 15 is 0 Å². The molecule has 1 atom stereocenters. The fourth-order valence-electron chi connectivity index (χ4n) is 1.34. The molecule has 1 unspecified atom stereocenters. The van der Waals surface area contributed by atoms with Crippen LogP contribution < -0.4 is 0 Å². The van der Waals surface area contributed by atoms with E-state index in [9.17, 15) is 0 Å². The summed E-state index contributed by atoms with van der Waals surface area (Å²) >= 11 is 0.0680. The molecule has 0 saturated heterocycles. The van der Waals surface area contributed by atoms with Crippen LogP contribution in [0.15, 0.2) is 34.8 Å². The third kappa shape index (κ3) is 0.917. The van der Waals surface area contributed by atoms with Crippen LogP contribution in [0.5, 0.6) is 0 Å². The van der Waals surface area contributed by atoms with Crippen molar-refractivity contribution in [3.63, 3.8) is 0 Å². The molecule has 1 radical (unpaired) electrons. The van der Waals surface area contributed by atoms with Crippen LogP contribution in [0.2, 0.25) is 5.25 Å². The molecule has 0 spiro atoms. The zero-order valence-corrected chi connectivity index (χ0v) is 7.67. The Morgan fingerprint density at radius 2 is 2.44 bits per heavy atom. The number of allylic oxidation sites excluding steroid dienone is 5. The Balaban J connectivity index is 2.33. The normalized spacial score (nSPS) is 30.2. The standard InChI is InChI=1S/C8H9Ge/c1-2-4-8-6-9-5-7(8)3-1/h1-5,8-9H,6H2. The molecule has 1 aliphatic carbocycles. The van der Waals surface area contributed by atoms with E-state index in [1.54, 1.807) is 5.57 Å². The minimum absolute atomic E-state index is 0.0680. The average molecular weight is 178 g/mol. The van der Waals surface area contributed by atoms with Crippen LogP contribution in [0.4, 0.5) is 0 Å². The molecule has 0 amide bonds. The number of fused-ring (bicyclic) bond motifs is 1. The fourth-order valence-corrected chi connectivity index (χ4v) is 4.47. The summed E-state index contributed by atoms with van der Waals surface area (Å²) in [5, 5.41) is 1.49. The predicted molar refractivity (Wildman–Crippen MR) is 41.8 cm³/mol. The van der Waals surface area contributed by atoms with E-state index in [1.807, 2.05) is 0 Å². The molecule has 2 aliphatic rings. The molecule has 1 heteroatoms. The first-order valence-corrected chi connectivity index (χ1v) is 6.46. The van der Waals surface area contributed by atoms with Crippen LogP contribution in [0.3, 0.4) is 0 Å². The predicted octanol–water partition coefficient (Wildman–Crippen LogP) is 1.48. The van der Waals surface area contributed by atoms with Crippen molar-refractivity contribution in [2.24, 2.45) is 5.92 Å². The molecule has 2 rings (SSSR count).